The molecule has 0 unspecified atom stereocenters. The van der Waals surface area contributed by atoms with E-state index in [9.17, 15) is 4.79 Å². The average molecular weight is 277 g/mol. The van der Waals surface area contributed by atoms with Crippen molar-refractivity contribution >= 4 is 28.9 Å². The van der Waals surface area contributed by atoms with Gasteiger partial charge in [0.2, 0.25) is 0 Å². The first-order chi connectivity index (χ1) is 7.97. The fraction of sp³-hybridized carbons (Fsp3) is 0.600. The lowest BCUT2D eigenvalue weighted by Crippen LogP contribution is -2.61. The topological polar surface area (TPSA) is 62.7 Å². The Morgan fingerprint density at radius 2 is 2.47 bits per heavy atom. The van der Waals surface area contributed by atoms with Gasteiger partial charge in [0, 0.05) is 13.1 Å². The number of likely N-dealkylation sites (tertiary alicyclic amines) is 1. The number of rotatable bonds is 5. The Bertz CT molecular complexity index is 417. The minimum Gasteiger partial charge on any atom is -0.480 e. The van der Waals surface area contributed by atoms with Crippen molar-refractivity contribution in [1.82, 2.24) is 9.88 Å². The minimum absolute atomic E-state index is 0.243. The average Bonchev–Trinajstić information content (AvgIpc) is 2.59. The van der Waals surface area contributed by atoms with Crippen molar-refractivity contribution in [2.24, 2.45) is 0 Å². The van der Waals surface area contributed by atoms with Gasteiger partial charge in [-0.2, -0.15) is 0 Å². The van der Waals surface area contributed by atoms with Crippen LogP contribution >= 0.6 is 22.9 Å². The van der Waals surface area contributed by atoms with Crippen LogP contribution < -0.4 is 0 Å². The van der Waals surface area contributed by atoms with Gasteiger partial charge in [-0.25, -0.2) is 9.78 Å². The summed E-state index contributed by atoms with van der Waals surface area (Å²) in [7, 11) is 0. The van der Waals surface area contributed by atoms with Crippen molar-refractivity contribution in [3.05, 3.63) is 15.5 Å². The second-order valence-electron chi connectivity index (χ2n) is 4.34. The largest absolute Gasteiger partial charge is 0.480 e. The SMILES string of the molecule is CC1(OCC(=O)O)CN(Cc2ncc(Cl)s2)C1. The van der Waals surface area contributed by atoms with Gasteiger partial charge in [0.25, 0.3) is 0 Å². The number of carboxylic acids is 1. The van der Waals surface area contributed by atoms with Gasteiger partial charge in [-0.05, 0) is 6.92 Å². The zero-order chi connectivity index (χ0) is 12.5. The molecule has 1 fully saturated rings. The van der Waals surface area contributed by atoms with Crippen molar-refractivity contribution in [3.8, 4) is 0 Å². The lowest BCUT2D eigenvalue weighted by Gasteiger charge is -2.47. The summed E-state index contributed by atoms with van der Waals surface area (Å²) in [6.45, 7) is 3.85. The standard InChI is InChI=1S/C10H13ClN2O3S/c1-10(16-4-9(14)15)5-13(6-10)3-8-12-2-7(11)17-8/h2H,3-6H2,1H3,(H,14,15). The van der Waals surface area contributed by atoms with E-state index < -0.39 is 5.97 Å². The Morgan fingerprint density at radius 1 is 1.76 bits per heavy atom. The van der Waals surface area contributed by atoms with Crippen LogP contribution in [-0.4, -0.2) is 46.3 Å². The first kappa shape index (κ1) is 12.8. The van der Waals surface area contributed by atoms with E-state index in [0.717, 1.165) is 24.6 Å². The van der Waals surface area contributed by atoms with Crippen LogP contribution in [0.3, 0.4) is 0 Å². The first-order valence-electron chi connectivity index (χ1n) is 5.15. The Labute approximate surface area is 108 Å². The van der Waals surface area contributed by atoms with Crippen LogP contribution in [0.25, 0.3) is 0 Å². The highest BCUT2D eigenvalue weighted by Crippen LogP contribution is 2.28. The molecule has 0 aromatic carbocycles. The second kappa shape index (κ2) is 4.89. The van der Waals surface area contributed by atoms with Gasteiger partial charge in [0.05, 0.1) is 18.3 Å². The summed E-state index contributed by atoms with van der Waals surface area (Å²) in [5, 5.41) is 9.51. The van der Waals surface area contributed by atoms with Crippen molar-refractivity contribution < 1.29 is 14.6 Å². The molecule has 94 valence electrons. The van der Waals surface area contributed by atoms with E-state index in [1.807, 2.05) is 6.92 Å². The minimum atomic E-state index is -0.934. The molecule has 1 saturated heterocycles. The third-order valence-electron chi connectivity index (χ3n) is 2.54. The quantitative estimate of drug-likeness (QED) is 0.882. The molecule has 7 heteroatoms. The predicted molar refractivity (Wildman–Crippen MR) is 64.4 cm³/mol. The fourth-order valence-electron chi connectivity index (χ4n) is 1.89. The first-order valence-corrected chi connectivity index (χ1v) is 6.35. The number of carboxylic acid groups (broad SMARTS) is 1. The van der Waals surface area contributed by atoms with Crippen LogP contribution in [0.1, 0.15) is 11.9 Å². The number of hydrogen-bond donors (Lipinski definition) is 1. The number of carbonyl (C=O) groups is 1. The molecule has 2 heterocycles. The highest BCUT2D eigenvalue weighted by atomic mass is 35.5. The molecule has 0 atom stereocenters. The Kier molecular flexibility index (Phi) is 3.67. The normalized spacial score (nSPS) is 18.9. The van der Waals surface area contributed by atoms with Gasteiger partial charge in [-0.15, -0.1) is 11.3 Å². The number of hydrogen-bond acceptors (Lipinski definition) is 5. The molecule has 0 spiro atoms. The zero-order valence-electron chi connectivity index (χ0n) is 9.35. The van der Waals surface area contributed by atoms with Crippen LogP contribution in [0.15, 0.2) is 6.20 Å². The predicted octanol–water partition coefficient (Wildman–Crippen LogP) is 1.47. The molecule has 17 heavy (non-hydrogen) atoms. The van der Waals surface area contributed by atoms with Crippen molar-refractivity contribution in [3.63, 3.8) is 0 Å². The van der Waals surface area contributed by atoms with E-state index in [1.165, 1.54) is 11.3 Å². The molecule has 0 amide bonds. The highest BCUT2D eigenvalue weighted by molar-refractivity contribution is 7.15. The van der Waals surface area contributed by atoms with Gasteiger partial charge in [0.15, 0.2) is 0 Å². The molecule has 0 bridgehead atoms. The summed E-state index contributed by atoms with van der Waals surface area (Å²) >= 11 is 7.25. The molecule has 1 N–H and O–H groups in total. The lowest BCUT2D eigenvalue weighted by molar-refractivity contribution is -0.165. The van der Waals surface area contributed by atoms with Gasteiger partial charge in [0.1, 0.15) is 16.0 Å². The molecule has 5 nitrogen and oxygen atoms in total. The number of halogens is 1. The zero-order valence-corrected chi connectivity index (χ0v) is 10.9. The van der Waals surface area contributed by atoms with Crippen molar-refractivity contribution in [2.45, 2.75) is 19.1 Å². The number of aliphatic carboxylic acids is 1. The molecule has 1 aromatic rings. The molecule has 0 aliphatic carbocycles. The number of aromatic nitrogens is 1. The summed E-state index contributed by atoms with van der Waals surface area (Å²) < 4.78 is 6.00. The van der Waals surface area contributed by atoms with Gasteiger partial charge in [-0.1, -0.05) is 11.6 Å². The molecular formula is C10H13ClN2O3S. The smallest absolute Gasteiger partial charge is 0.329 e. The Balaban J connectivity index is 1.76. The van der Waals surface area contributed by atoms with E-state index in [4.69, 9.17) is 21.4 Å². The van der Waals surface area contributed by atoms with Crippen LogP contribution in [0.2, 0.25) is 4.34 Å². The Hall–Kier alpha value is -0.690. The molecule has 2 rings (SSSR count). The summed E-state index contributed by atoms with van der Waals surface area (Å²) in [6.07, 6.45) is 1.64. The Morgan fingerprint density at radius 3 is 3.00 bits per heavy atom. The second-order valence-corrected chi connectivity index (χ2v) is 6.08. The fourth-order valence-corrected chi connectivity index (χ4v) is 2.89. The highest BCUT2D eigenvalue weighted by Gasteiger charge is 2.40. The van der Waals surface area contributed by atoms with Crippen LogP contribution in [-0.2, 0) is 16.1 Å². The van der Waals surface area contributed by atoms with Crippen LogP contribution in [0, 0.1) is 0 Å². The van der Waals surface area contributed by atoms with Gasteiger partial charge in [-0.3, -0.25) is 4.90 Å². The van der Waals surface area contributed by atoms with Crippen molar-refractivity contribution in [2.75, 3.05) is 19.7 Å². The molecule has 1 aromatic heterocycles. The van der Waals surface area contributed by atoms with Crippen LogP contribution in [0.4, 0.5) is 0 Å². The summed E-state index contributed by atoms with van der Waals surface area (Å²) in [5.74, 6) is -0.934. The summed E-state index contributed by atoms with van der Waals surface area (Å²) in [6, 6.07) is 0. The molecular weight excluding hydrogens is 264 g/mol. The van der Waals surface area contributed by atoms with Crippen molar-refractivity contribution in [1.29, 1.82) is 0 Å². The molecule has 0 saturated carbocycles. The summed E-state index contributed by atoms with van der Waals surface area (Å²) in [5.41, 5.74) is -0.348. The number of ether oxygens (including phenoxy) is 1. The summed E-state index contributed by atoms with van der Waals surface area (Å²) in [4.78, 5) is 16.7. The van der Waals surface area contributed by atoms with Crippen LogP contribution in [0.5, 0.6) is 0 Å². The van der Waals surface area contributed by atoms with E-state index in [2.05, 4.69) is 9.88 Å². The number of nitrogens with zero attached hydrogens (tertiary/aromatic N) is 2. The van der Waals surface area contributed by atoms with Gasteiger partial charge < -0.3 is 9.84 Å². The maximum Gasteiger partial charge on any atom is 0.329 e. The number of thiazole rings is 1. The lowest BCUT2D eigenvalue weighted by atomic mass is 9.96. The van der Waals surface area contributed by atoms with E-state index in [-0.39, 0.29) is 12.2 Å². The van der Waals surface area contributed by atoms with Gasteiger partial charge >= 0.3 is 5.97 Å². The maximum absolute atomic E-state index is 10.4. The maximum atomic E-state index is 10.4. The monoisotopic (exact) mass is 276 g/mol. The van der Waals surface area contributed by atoms with E-state index in [1.54, 1.807) is 6.20 Å². The molecule has 0 radical (unpaired) electrons. The van der Waals surface area contributed by atoms with E-state index >= 15 is 0 Å². The molecule has 1 aliphatic rings. The third-order valence-corrected chi connectivity index (χ3v) is 3.64. The third kappa shape index (κ3) is 3.38. The molecule has 1 aliphatic heterocycles. The van der Waals surface area contributed by atoms with E-state index in [0.29, 0.717) is 4.34 Å².